The van der Waals surface area contributed by atoms with Gasteiger partial charge in [-0.2, -0.15) is 0 Å². The summed E-state index contributed by atoms with van der Waals surface area (Å²) in [5.41, 5.74) is 3.34. The van der Waals surface area contributed by atoms with Gasteiger partial charge in [0.25, 0.3) is 5.91 Å². The number of hydrogen-bond donors (Lipinski definition) is 1. The third-order valence-electron chi connectivity index (χ3n) is 6.23. The molecule has 0 spiro atoms. The highest BCUT2D eigenvalue weighted by atomic mass is 32.1. The highest BCUT2D eigenvalue weighted by molar-refractivity contribution is 7.12. The van der Waals surface area contributed by atoms with Crippen LogP contribution in [0.15, 0.2) is 72.6 Å². The number of nitrogens with one attached hydrogen (secondary N) is 1. The Balaban J connectivity index is 1.27. The normalized spacial score (nSPS) is 10.9. The van der Waals surface area contributed by atoms with Gasteiger partial charge in [-0.25, -0.2) is 4.98 Å². The maximum Gasteiger partial charge on any atom is 0.261 e. The Bertz CT molecular complexity index is 1300. The Morgan fingerprint density at radius 2 is 1.97 bits per heavy atom. The molecule has 0 fully saturated rings. The molecule has 7 heteroatoms. The zero-order valence-electron chi connectivity index (χ0n) is 21.4. The number of fused-ring (bicyclic) bond motifs is 1. The highest BCUT2D eigenvalue weighted by Crippen LogP contribution is 2.28. The van der Waals surface area contributed by atoms with Crippen LogP contribution in [0.1, 0.15) is 46.7 Å². The number of carbonyl (C=O) groups is 1. The molecule has 1 N–H and O–H groups in total. The summed E-state index contributed by atoms with van der Waals surface area (Å²) in [5.74, 6) is 2.64. The molecule has 4 rings (SSSR count). The second-order valence-electron chi connectivity index (χ2n) is 8.89. The summed E-state index contributed by atoms with van der Waals surface area (Å²) < 4.78 is 13.9. The second-order valence-corrected chi connectivity index (χ2v) is 9.84. The zero-order chi connectivity index (χ0) is 25.9. The summed E-state index contributed by atoms with van der Waals surface area (Å²) in [6, 6.07) is 18.1. The quantitative estimate of drug-likeness (QED) is 0.145. The van der Waals surface area contributed by atoms with Gasteiger partial charge in [-0.05, 0) is 67.0 Å². The van der Waals surface area contributed by atoms with E-state index >= 15 is 0 Å². The lowest BCUT2D eigenvalue weighted by atomic mass is 10.1. The van der Waals surface area contributed by atoms with Crippen LogP contribution in [0.5, 0.6) is 11.5 Å². The van der Waals surface area contributed by atoms with Crippen molar-refractivity contribution in [1.29, 1.82) is 0 Å². The Hall–Kier alpha value is -3.58. The summed E-state index contributed by atoms with van der Waals surface area (Å²) in [4.78, 5) is 17.7. The molecule has 1 amide bonds. The summed E-state index contributed by atoms with van der Waals surface area (Å²) in [7, 11) is 1.67. The molecule has 6 nitrogen and oxygen atoms in total. The Morgan fingerprint density at radius 1 is 1.08 bits per heavy atom. The van der Waals surface area contributed by atoms with E-state index in [2.05, 4.69) is 40.7 Å². The fourth-order valence-electron chi connectivity index (χ4n) is 4.38. The van der Waals surface area contributed by atoms with E-state index < -0.39 is 0 Å². The molecule has 37 heavy (non-hydrogen) atoms. The molecule has 194 valence electrons. The standard InChI is InChI=1S/C30H35N3O3S/c1-3-11-23-16-17-26(27(22-23)35-2)36-20-10-19-33-25-13-7-6-12-24(25)32-29(33)15-5-4-8-18-31-30(34)28-14-9-21-37-28/h3,6-7,9,12-14,16-17,21-22H,1,4-5,8,10-11,15,18-20H2,2H3,(H,31,34). The van der Waals surface area contributed by atoms with Gasteiger partial charge in [-0.1, -0.05) is 36.8 Å². The van der Waals surface area contributed by atoms with E-state index in [0.717, 1.165) is 83.9 Å². The zero-order valence-corrected chi connectivity index (χ0v) is 22.3. The number of nitrogens with zero attached hydrogens (tertiary/aromatic N) is 2. The van der Waals surface area contributed by atoms with Crippen LogP contribution in [0.25, 0.3) is 11.0 Å². The third-order valence-corrected chi connectivity index (χ3v) is 7.10. The summed E-state index contributed by atoms with van der Waals surface area (Å²) in [6.07, 6.45) is 7.48. The van der Waals surface area contributed by atoms with E-state index in [1.54, 1.807) is 7.11 Å². The first kappa shape index (κ1) is 26.5. The first-order valence-corrected chi connectivity index (χ1v) is 13.7. The van der Waals surface area contributed by atoms with Gasteiger partial charge >= 0.3 is 0 Å². The summed E-state index contributed by atoms with van der Waals surface area (Å²) in [5, 5.41) is 4.93. The topological polar surface area (TPSA) is 65.4 Å². The lowest BCUT2D eigenvalue weighted by molar-refractivity contribution is 0.0957. The average molecular weight is 518 g/mol. The minimum Gasteiger partial charge on any atom is -0.493 e. The maximum atomic E-state index is 12.1. The monoisotopic (exact) mass is 517 g/mol. The number of allylic oxidation sites excluding steroid dienone is 1. The summed E-state index contributed by atoms with van der Waals surface area (Å²) >= 11 is 1.47. The van der Waals surface area contributed by atoms with E-state index in [9.17, 15) is 4.79 Å². The number of aromatic nitrogens is 2. The molecule has 0 atom stereocenters. The predicted molar refractivity (Wildman–Crippen MR) is 151 cm³/mol. The van der Waals surface area contributed by atoms with E-state index in [0.29, 0.717) is 13.2 Å². The number of ether oxygens (including phenoxy) is 2. The van der Waals surface area contributed by atoms with Crippen molar-refractivity contribution >= 4 is 28.3 Å². The number of benzene rings is 2. The minimum absolute atomic E-state index is 0.0179. The first-order valence-electron chi connectivity index (χ1n) is 12.9. The van der Waals surface area contributed by atoms with Gasteiger partial charge in [0.1, 0.15) is 5.82 Å². The molecule has 0 unspecified atom stereocenters. The van der Waals surface area contributed by atoms with Crippen molar-refractivity contribution in [2.45, 2.75) is 45.1 Å². The van der Waals surface area contributed by atoms with E-state index in [-0.39, 0.29) is 5.91 Å². The molecule has 0 aliphatic heterocycles. The summed E-state index contributed by atoms with van der Waals surface area (Å²) in [6.45, 7) is 5.92. The van der Waals surface area contributed by atoms with Gasteiger partial charge in [0.2, 0.25) is 0 Å². The van der Waals surface area contributed by atoms with E-state index in [4.69, 9.17) is 14.5 Å². The van der Waals surface area contributed by atoms with E-state index in [1.165, 1.54) is 11.3 Å². The van der Waals surface area contributed by atoms with Crippen LogP contribution >= 0.6 is 11.3 Å². The number of amides is 1. The van der Waals surface area contributed by atoms with Crippen molar-refractivity contribution < 1.29 is 14.3 Å². The van der Waals surface area contributed by atoms with Gasteiger partial charge in [-0.15, -0.1) is 17.9 Å². The molecule has 0 bridgehead atoms. The molecule has 0 aliphatic carbocycles. The number of aryl methyl sites for hydroxylation is 2. The van der Waals surface area contributed by atoms with Crippen molar-refractivity contribution in [1.82, 2.24) is 14.9 Å². The number of carbonyl (C=O) groups excluding carboxylic acids is 1. The molecular weight excluding hydrogens is 482 g/mol. The van der Waals surface area contributed by atoms with Gasteiger partial charge < -0.3 is 19.4 Å². The molecule has 0 radical (unpaired) electrons. The molecular formula is C30H35N3O3S. The molecule has 0 saturated carbocycles. The van der Waals surface area contributed by atoms with Crippen LogP contribution in [-0.4, -0.2) is 35.7 Å². The van der Waals surface area contributed by atoms with Crippen molar-refractivity contribution in [3.05, 3.63) is 88.9 Å². The number of unbranched alkanes of at least 4 members (excludes halogenated alkanes) is 2. The van der Waals surface area contributed by atoms with Gasteiger partial charge in [-0.3, -0.25) is 4.79 Å². The fraction of sp³-hybridized carbons (Fsp3) is 0.333. The van der Waals surface area contributed by atoms with Crippen molar-refractivity contribution in [3.63, 3.8) is 0 Å². The van der Waals surface area contributed by atoms with Crippen LogP contribution in [0, 0.1) is 0 Å². The van der Waals surface area contributed by atoms with Crippen LogP contribution in [-0.2, 0) is 19.4 Å². The van der Waals surface area contributed by atoms with Crippen LogP contribution < -0.4 is 14.8 Å². The van der Waals surface area contributed by atoms with E-state index in [1.807, 2.05) is 41.8 Å². The number of para-hydroxylation sites is 2. The van der Waals surface area contributed by atoms with Crippen LogP contribution in [0.4, 0.5) is 0 Å². The second kappa shape index (κ2) is 13.7. The van der Waals surface area contributed by atoms with Crippen molar-refractivity contribution in [2.24, 2.45) is 0 Å². The Kier molecular flexibility index (Phi) is 9.77. The number of methoxy groups -OCH3 is 1. The molecule has 2 aromatic heterocycles. The molecule has 4 aromatic rings. The molecule has 2 aromatic carbocycles. The first-order chi connectivity index (χ1) is 18.2. The van der Waals surface area contributed by atoms with Gasteiger partial charge in [0, 0.05) is 19.5 Å². The van der Waals surface area contributed by atoms with Crippen molar-refractivity contribution in [2.75, 3.05) is 20.3 Å². The lowest BCUT2D eigenvalue weighted by Gasteiger charge is -2.13. The number of rotatable bonds is 15. The van der Waals surface area contributed by atoms with Crippen molar-refractivity contribution in [3.8, 4) is 11.5 Å². The highest BCUT2D eigenvalue weighted by Gasteiger charge is 2.11. The largest absolute Gasteiger partial charge is 0.493 e. The minimum atomic E-state index is 0.0179. The fourth-order valence-corrected chi connectivity index (χ4v) is 5.02. The smallest absolute Gasteiger partial charge is 0.261 e. The van der Waals surface area contributed by atoms with Gasteiger partial charge in [0.05, 0.1) is 29.6 Å². The SMILES string of the molecule is C=CCc1ccc(OCCCn2c(CCCCCNC(=O)c3cccs3)nc3ccccc32)c(OC)c1. The van der Waals surface area contributed by atoms with Crippen LogP contribution in [0.3, 0.4) is 0 Å². The Labute approximate surface area is 222 Å². The molecule has 0 saturated heterocycles. The number of hydrogen-bond acceptors (Lipinski definition) is 5. The predicted octanol–water partition coefficient (Wildman–Crippen LogP) is 6.45. The molecule has 2 heterocycles. The molecule has 0 aliphatic rings. The average Bonchev–Trinajstić information content (AvgIpc) is 3.58. The van der Waals surface area contributed by atoms with Gasteiger partial charge in [0.15, 0.2) is 11.5 Å². The number of thiophene rings is 1. The lowest BCUT2D eigenvalue weighted by Crippen LogP contribution is -2.23. The van der Waals surface area contributed by atoms with Crippen LogP contribution in [0.2, 0.25) is 0 Å². The third kappa shape index (κ3) is 7.23. The Morgan fingerprint density at radius 3 is 2.78 bits per heavy atom. The maximum absolute atomic E-state index is 12.1. The number of imidazole rings is 1.